The molecule has 400 valence electrons. The first-order valence-corrected chi connectivity index (χ1v) is 26.1. The van der Waals surface area contributed by atoms with Crippen LogP contribution in [-0.4, -0.2) is 118 Å². The molecule has 6 fully saturated rings. The molecule has 75 heavy (non-hydrogen) atoms. The molecule has 8 heterocycles. The van der Waals surface area contributed by atoms with Crippen molar-refractivity contribution in [2.45, 2.75) is 152 Å². The van der Waals surface area contributed by atoms with E-state index in [-0.39, 0.29) is 74.9 Å². The maximum atomic E-state index is 15.1. The Hall–Kier alpha value is -6.53. The summed E-state index contributed by atoms with van der Waals surface area (Å²) in [6.07, 6.45) is 14.6. The monoisotopic (exact) mass is 1060 g/mol. The summed E-state index contributed by atoms with van der Waals surface area (Å²) in [6.45, 7) is 11.3. The number of aromatic nitrogens is 12. The van der Waals surface area contributed by atoms with Gasteiger partial charge in [0, 0.05) is 49.3 Å². The highest BCUT2D eigenvalue weighted by Crippen LogP contribution is 2.45. The Bertz CT molecular complexity index is 3210. The fraction of sp³-hybridized carbons (Fsp3) is 0.560. The summed E-state index contributed by atoms with van der Waals surface area (Å²) in [5.41, 5.74) is 7.43. The summed E-state index contributed by atoms with van der Waals surface area (Å²) in [7, 11) is 3.01. The molecule has 4 aliphatic heterocycles. The van der Waals surface area contributed by atoms with Crippen molar-refractivity contribution < 1.29 is 17.6 Å². The number of piperidine rings is 2. The first-order chi connectivity index (χ1) is 35.7. The number of rotatable bonds is 10. The van der Waals surface area contributed by atoms with E-state index in [1.54, 1.807) is 0 Å². The molecule has 0 unspecified atom stereocenters. The summed E-state index contributed by atoms with van der Waals surface area (Å²) in [6, 6.07) is 7.12. The number of hydrogen-bond donors (Lipinski definition) is 4. The molecule has 5 N–H and O–H groups in total. The lowest BCUT2D eigenvalue weighted by molar-refractivity contribution is 0.0498. The van der Waals surface area contributed by atoms with Gasteiger partial charge in [-0.25, -0.2) is 37.1 Å². The topological polar surface area (TPSA) is 226 Å². The molecule has 2 aliphatic carbocycles. The predicted molar refractivity (Wildman–Crippen MR) is 275 cm³/mol. The van der Waals surface area contributed by atoms with E-state index in [1.807, 2.05) is 0 Å². The minimum Gasteiger partial charge on any atom is -0.396 e. The Balaban J connectivity index is 0.000000142. The van der Waals surface area contributed by atoms with E-state index in [1.165, 1.54) is 64.2 Å². The fourth-order valence-corrected chi connectivity index (χ4v) is 11.9. The lowest BCUT2D eigenvalue weighted by atomic mass is 9.84. The van der Waals surface area contributed by atoms with Crippen LogP contribution in [0.5, 0.6) is 0 Å². The van der Waals surface area contributed by atoms with Gasteiger partial charge >= 0.3 is 11.4 Å². The van der Waals surface area contributed by atoms with Gasteiger partial charge < -0.3 is 21.7 Å². The summed E-state index contributed by atoms with van der Waals surface area (Å²) in [5.74, 6) is -1.17. The predicted octanol–water partition coefficient (Wildman–Crippen LogP) is 7.12. The van der Waals surface area contributed by atoms with Gasteiger partial charge in [0.25, 0.3) is 0 Å². The summed E-state index contributed by atoms with van der Waals surface area (Å²) in [4.78, 5) is 45.5. The Kier molecular flexibility index (Phi) is 14.2. The lowest BCUT2D eigenvalue weighted by Crippen LogP contribution is -2.55. The number of anilines is 5. The smallest absolute Gasteiger partial charge is 0.368 e. The first kappa shape index (κ1) is 51.9. The van der Waals surface area contributed by atoms with Gasteiger partial charge in [-0.15, -0.1) is 0 Å². The summed E-state index contributed by atoms with van der Waals surface area (Å²) >= 11 is 5.74. The maximum Gasteiger partial charge on any atom is 0.368 e. The molecule has 4 atom stereocenters. The number of nitrogens with two attached hydrogens (primary N) is 1. The standard InChI is InChI=1S/C25H31F2N9O.C14H20ClFN4.C11H12FN5O/c1-25(2)12-15(9-16-5-4-8-35(16)25)29-22-19(27)13-28-23(31-22)30-20-11-21(36-24(37)34(3)32-33-36)17(10-18(20)26)14-6-7-14;1-14(2)7-9(6-10-4-3-5-20(10)14)18-12-11(16)8-17-13(15)19-12;1-16-11(18)17(15-14-16)10-5-9(13)8(12)4-7(10)6-2-3-6/h10-11,13-16H,4-9,12H2,1-3H3,(H2,28,29,30,31);8-10H,3-7H2,1-2H3,(H,17,18,19);4-6H,2-3,13H2,1H3/t15-,16+;9-,10+;/m11./s1. The number of nitrogens with one attached hydrogen (secondary N) is 3. The summed E-state index contributed by atoms with van der Waals surface area (Å²) < 4.78 is 61.7. The van der Waals surface area contributed by atoms with E-state index in [4.69, 9.17) is 17.3 Å². The second-order valence-corrected chi connectivity index (χ2v) is 22.3. The summed E-state index contributed by atoms with van der Waals surface area (Å²) in [5, 5.41) is 24.6. The van der Waals surface area contributed by atoms with Crippen molar-refractivity contribution in [3.63, 3.8) is 0 Å². The van der Waals surface area contributed by atoms with Crippen LogP contribution in [0, 0.1) is 23.3 Å². The third-order valence-corrected chi connectivity index (χ3v) is 15.7. The molecule has 0 radical (unpaired) electrons. The zero-order chi connectivity index (χ0) is 53.1. The SMILES string of the molecule is CC1(C)C[C@H](Nc2nc(Cl)ncc2F)C[C@@H]2CCCN21.Cn1nnn(-c2cc(N)c(F)cc2C2CC2)c1=O.Cn1nnn(-c2cc(Nc3ncc(F)c(N[C@@H]4C[C@@H]5CCCN5C(C)(C)C4)n3)c(F)cc2C2CC2)c1=O. The average molecular weight is 1060 g/mol. The van der Waals surface area contributed by atoms with Gasteiger partial charge in [0.05, 0.1) is 35.1 Å². The van der Waals surface area contributed by atoms with E-state index >= 15 is 4.39 Å². The molecule has 4 saturated heterocycles. The minimum atomic E-state index is -0.562. The van der Waals surface area contributed by atoms with Crippen LogP contribution in [0.15, 0.2) is 46.2 Å². The molecule has 2 aromatic carbocycles. The van der Waals surface area contributed by atoms with Crippen molar-refractivity contribution in [2.75, 3.05) is 34.8 Å². The van der Waals surface area contributed by atoms with E-state index in [0.717, 1.165) is 101 Å². The normalized spacial score (nSPS) is 22.8. The molecule has 4 aromatic heterocycles. The molecule has 25 heteroatoms. The largest absolute Gasteiger partial charge is 0.396 e. The van der Waals surface area contributed by atoms with Crippen LogP contribution in [0.1, 0.15) is 128 Å². The number of nitrogens with zero attached hydrogens (tertiary/aromatic N) is 14. The zero-order valence-corrected chi connectivity index (χ0v) is 43.6. The Labute approximate surface area is 435 Å². The van der Waals surface area contributed by atoms with Crippen LogP contribution < -0.4 is 33.1 Å². The van der Waals surface area contributed by atoms with Crippen molar-refractivity contribution >= 4 is 40.6 Å². The van der Waals surface area contributed by atoms with Crippen molar-refractivity contribution in [2.24, 2.45) is 14.1 Å². The Morgan fingerprint density at radius 3 is 1.60 bits per heavy atom. The minimum absolute atomic E-state index is 0.00644. The van der Waals surface area contributed by atoms with Gasteiger partial charge in [-0.2, -0.15) is 28.7 Å². The quantitative estimate of drug-likeness (QED) is 0.0609. The molecule has 6 aromatic rings. The van der Waals surface area contributed by atoms with Crippen molar-refractivity contribution in [3.05, 3.63) is 97.3 Å². The van der Waals surface area contributed by atoms with Gasteiger partial charge in [-0.1, -0.05) is 0 Å². The van der Waals surface area contributed by atoms with Crippen LogP contribution >= 0.6 is 11.6 Å². The molecule has 0 amide bonds. The van der Waals surface area contributed by atoms with Crippen molar-refractivity contribution in [1.82, 2.24) is 69.3 Å². The van der Waals surface area contributed by atoms with Crippen LogP contribution in [-0.2, 0) is 14.1 Å². The van der Waals surface area contributed by atoms with Crippen LogP contribution in [0.2, 0.25) is 5.28 Å². The third-order valence-electron chi connectivity index (χ3n) is 15.5. The van der Waals surface area contributed by atoms with E-state index < -0.39 is 29.0 Å². The van der Waals surface area contributed by atoms with Crippen molar-refractivity contribution in [1.29, 1.82) is 0 Å². The van der Waals surface area contributed by atoms with Gasteiger partial charge in [-0.05, 0) is 198 Å². The molecule has 0 spiro atoms. The third kappa shape index (κ3) is 11.1. The molecule has 0 bridgehead atoms. The molecular weight excluding hydrogens is 996 g/mol. The average Bonchev–Trinajstić information content (AvgIpc) is 4.22. The highest BCUT2D eigenvalue weighted by atomic mass is 35.5. The Morgan fingerprint density at radius 2 is 1.11 bits per heavy atom. The maximum absolute atomic E-state index is 15.1. The fourth-order valence-electron chi connectivity index (χ4n) is 11.7. The van der Waals surface area contributed by atoms with Gasteiger partial charge in [-0.3, -0.25) is 9.80 Å². The number of halogens is 5. The van der Waals surface area contributed by atoms with Gasteiger partial charge in [0.2, 0.25) is 11.2 Å². The van der Waals surface area contributed by atoms with Crippen molar-refractivity contribution in [3.8, 4) is 11.4 Å². The van der Waals surface area contributed by atoms with E-state index in [2.05, 4.69) is 94.2 Å². The molecular formula is C50H63ClF4N18O2. The number of benzene rings is 2. The van der Waals surface area contributed by atoms with Crippen LogP contribution in [0.3, 0.4) is 0 Å². The highest BCUT2D eigenvalue weighted by Gasteiger charge is 2.44. The van der Waals surface area contributed by atoms with Gasteiger partial charge in [0.1, 0.15) is 11.6 Å². The number of aryl methyl sites for hydroxylation is 2. The van der Waals surface area contributed by atoms with E-state index in [0.29, 0.717) is 29.0 Å². The lowest BCUT2D eigenvalue weighted by Gasteiger charge is -2.47. The van der Waals surface area contributed by atoms with E-state index in [9.17, 15) is 22.8 Å². The van der Waals surface area contributed by atoms with Crippen LogP contribution in [0.4, 0.5) is 46.5 Å². The second-order valence-electron chi connectivity index (χ2n) is 22.0. The molecule has 2 saturated carbocycles. The van der Waals surface area contributed by atoms with Gasteiger partial charge in [0.15, 0.2) is 23.3 Å². The number of hydrogen-bond acceptors (Lipinski definition) is 16. The molecule has 20 nitrogen and oxygen atoms in total. The molecule has 12 rings (SSSR count). The second kappa shape index (κ2) is 20.5. The van der Waals surface area contributed by atoms with Crippen LogP contribution in [0.25, 0.3) is 11.4 Å². The number of fused-ring (bicyclic) bond motifs is 2. The zero-order valence-electron chi connectivity index (χ0n) is 42.9. The highest BCUT2D eigenvalue weighted by molar-refractivity contribution is 6.28. The number of tetrazole rings is 2. The molecule has 6 aliphatic rings. The Morgan fingerprint density at radius 1 is 0.627 bits per heavy atom. The first-order valence-electron chi connectivity index (χ1n) is 25.7. The number of nitrogen functional groups attached to an aromatic ring is 1.